The Labute approximate surface area is 103 Å². The fraction of sp³-hybridized carbons (Fsp3) is 0.400. The van der Waals surface area contributed by atoms with Crippen molar-refractivity contribution < 1.29 is 19.5 Å². The van der Waals surface area contributed by atoms with Crippen molar-refractivity contribution in [1.29, 1.82) is 0 Å². The number of amides is 2. The second-order valence-corrected chi connectivity index (χ2v) is 3.73. The van der Waals surface area contributed by atoms with Crippen LogP contribution >= 0.6 is 0 Å². The molecule has 1 aromatic heterocycles. The molecule has 1 aromatic rings. The first kappa shape index (κ1) is 13.7. The van der Waals surface area contributed by atoms with Gasteiger partial charge in [-0.15, -0.1) is 0 Å². The summed E-state index contributed by atoms with van der Waals surface area (Å²) in [5, 5.41) is 14.9. The average molecular weight is 254 g/mol. The monoisotopic (exact) mass is 254 g/mol. The van der Waals surface area contributed by atoms with Crippen LogP contribution in [0, 0.1) is 0 Å². The van der Waals surface area contributed by atoms with Crippen LogP contribution in [0.3, 0.4) is 0 Å². The maximum absolute atomic E-state index is 11.8. The fourth-order valence-electron chi connectivity index (χ4n) is 1.32. The van der Waals surface area contributed by atoms with Crippen LogP contribution < -0.4 is 11.1 Å². The first-order chi connectivity index (χ1) is 8.41. The highest BCUT2D eigenvalue weighted by Gasteiger charge is 2.25. The van der Waals surface area contributed by atoms with Gasteiger partial charge in [0.15, 0.2) is 0 Å². The summed E-state index contributed by atoms with van der Waals surface area (Å²) in [5.74, 6) is -2.66. The topological polar surface area (TPSA) is 127 Å². The third kappa shape index (κ3) is 3.58. The van der Waals surface area contributed by atoms with Crippen molar-refractivity contribution in [3.63, 3.8) is 0 Å². The Morgan fingerprint density at radius 2 is 2.17 bits per heavy atom. The molecule has 0 fully saturated rings. The van der Waals surface area contributed by atoms with Crippen molar-refractivity contribution in [2.45, 2.75) is 25.4 Å². The van der Waals surface area contributed by atoms with Gasteiger partial charge in [-0.1, -0.05) is 0 Å². The van der Waals surface area contributed by atoms with E-state index in [1.54, 1.807) is 19.2 Å². The van der Waals surface area contributed by atoms with Crippen molar-refractivity contribution in [2.24, 2.45) is 5.73 Å². The summed E-state index contributed by atoms with van der Waals surface area (Å²) in [6, 6.07) is -0.357. The van der Waals surface area contributed by atoms with Crippen molar-refractivity contribution >= 4 is 17.8 Å². The van der Waals surface area contributed by atoms with E-state index in [-0.39, 0.29) is 0 Å². The molecule has 18 heavy (non-hydrogen) atoms. The van der Waals surface area contributed by atoms with E-state index in [4.69, 9.17) is 10.8 Å². The lowest BCUT2D eigenvalue weighted by Crippen LogP contribution is -2.45. The second kappa shape index (κ2) is 5.80. The lowest BCUT2D eigenvalue weighted by atomic mass is 10.2. The van der Waals surface area contributed by atoms with E-state index in [0.29, 0.717) is 0 Å². The fourth-order valence-corrected chi connectivity index (χ4v) is 1.32. The number of hydrogen-bond acceptors (Lipinski definition) is 4. The molecule has 8 heteroatoms. The number of aliphatic carboxylic acids is 1. The zero-order valence-corrected chi connectivity index (χ0v) is 9.74. The Morgan fingerprint density at radius 1 is 1.50 bits per heavy atom. The van der Waals surface area contributed by atoms with Gasteiger partial charge in [-0.05, 0) is 13.0 Å². The van der Waals surface area contributed by atoms with Crippen molar-refractivity contribution in [3.05, 3.63) is 18.5 Å². The van der Waals surface area contributed by atoms with E-state index < -0.39 is 36.3 Å². The van der Waals surface area contributed by atoms with Crippen LogP contribution in [0.15, 0.2) is 18.5 Å². The molecule has 0 aliphatic heterocycles. The number of nitrogens with one attached hydrogen (secondary N) is 1. The minimum atomic E-state index is -1.33. The molecule has 2 unspecified atom stereocenters. The molecule has 0 bridgehead atoms. The molecular weight excluding hydrogens is 240 g/mol. The molecule has 0 saturated carbocycles. The van der Waals surface area contributed by atoms with Gasteiger partial charge in [0.25, 0.3) is 0 Å². The number of carbonyl (C=O) groups is 3. The molecule has 98 valence electrons. The molecule has 2 amide bonds. The Bertz CT molecular complexity index is 443. The number of rotatable bonds is 6. The smallest absolute Gasteiger partial charge is 0.326 e. The maximum atomic E-state index is 11.8. The highest BCUT2D eigenvalue weighted by molar-refractivity contribution is 5.89. The molecule has 0 spiro atoms. The Hall–Kier alpha value is -2.38. The third-order valence-electron chi connectivity index (χ3n) is 2.32. The number of hydrogen-bond donors (Lipinski definition) is 3. The van der Waals surface area contributed by atoms with Gasteiger partial charge in [-0.25, -0.2) is 4.79 Å². The maximum Gasteiger partial charge on any atom is 0.326 e. The van der Waals surface area contributed by atoms with E-state index >= 15 is 0 Å². The van der Waals surface area contributed by atoms with E-state index in [1.165, 1.54) is 10.9 Å². The van der Waals surface area contributed by atoms with Gasteiger partial charge in [0, 0.05) is 12.4 Å². The van der Waals surface area contributed by atoms with Crippen LogP contribution in [0.2, 0.25) is 0 Å². The van der Waals surface area contributed by atoms with E-state index in [1.807, 2.05) is 0 Å². The molecule has 4 N–H and O–H groups in total. The largest absolute Gasteiger partial charge is 0.480 e. The quantitative estimate of drug-likeness (QED) is 0.593. The van der Waals surface area contributed by atoms with Gasteiger partial charge < -0.3 is 16.2 Å². The summed E-state index contributed by atoms with van der Waals surface area (Å²) in [6.07, 6.45) is 2.63. The van der Waals surface area contributed by atoms with Crippen LogP contribution in [0.5, 0.6) is 0 Å². The van der Waals surface area contributed by atoms with Crippen LogP contribution in [-0.2, 0) is 14.4 Å². The predicted molar refractivity (Wildman–Crippen MR) is 60.3 cm³/mol. The van der Waals surface area contributed by atoms with E-state index in [9.17, 15) is 14.4 Å². The van der Waals surface area contributed by atoms with Gasteiger partial charge in [-0.3, -0.25) is 14.3 Å². The van der Waals surface area contributed by atoms with Crippen molar-refractivity contribution in [2.75, 3.05) is 0 Å². The Balaban J connectivity index is 2.66. The van der Waals surface area contributed by atoms with Gasteiger partial charge in [0.05, 0.1) is 6.42 Å². The van der Waals surface area contributed by atoms with Crippen molar-refractivity contribution in [3.8, 4) is 0 Å². The number of aromatic nitrogens is 2. The minimum Gasteiger partial charge on any atom is -0.480 e. The zero-order chi connectivity index (χ0) is 13.7. The normalized spacial score (nSPS) is 13.6. The molecule has 0 radical (unpaired) electrons. The predicted octanol–water partition coefficient (Wildman–Crippen LogP) is -1.11. The van der Waals surface area contributed by atoms with Gasteiger partial charge in [0.1, 0.15) is 12.1 Å². The number of carbonyl (C=O) groups excluding carboxylic acids is 2. The highest BCUT2D eigenvalue weighted by atomic mass is 16.4. The number of nitrogens with zero attached hydrogens (tertiary/aromatic N) is 2. The summed E-state index contributed by atoms with van der Waals surface area (Å²) >= 11 is 0. The zero-order valence-electron chi connectivity index (χ0n) is 9.74. The van der Waals surface area contributed by atoms with E-state index in [2.05, 4.69) is 10.4 Å². The lowest BCUT2D eigenvalue weighted by Gasteiger charge is -2.17. The number of carboxylic acids is 1. The van der Waals surface area contributed by atoms with Gasteiger partial charge >= 0.3 is 5.97 Å². The summed E-state index contributed by atoms with van der Waals surface area (Å²) in [4.78, 5) is 33.3. The van der Waals surface area contributed by atoms with Crippen LogP contribution in [0.25, 0.3) is 0 Å². The summed E-state index contributed by atoms with van der Waals surface area (Å²) in [5.41, 5.74) is 4.91. The molecule has 8 nitrogen and oxygen atoms in total. The highest BCUT2D eigenvalue weighted by Crippen LogP contribution is 2.04. The summed E-state index contributed by atoms with van der Waals surface area (Å²) < 4.78 is 1.37. The molecule has 0 aliphatic rings. The first-order valence-electron chi connectivity index (χ1n) is 5.22. The summed E-state index contributed by atoms with van der Waals surface area (Å²) in [7, 11) is 0. The lowest BCUT2D eigenvalue weighted by molar-refractivity contribution is -0.143. The average Bonchev–Trinajstić information content (AvgIpc) is 2.79. The van der Waals surface area contributed by atoms with Crippen LogP contribution in [0.4, 0.5) is 0 Å². The van der Waals surface area contributed by atoms with E-state index in [0.717, 1.165) is 0 Å². The SMILES string of the molecule is CC(C(=O)NC(CC(N)=O)C(=O)O)n1cccn1. The Morgan fingerprint density at radius 3 is 2.61 bits per heavy atom. The van der Waals surface area contributed by atoms with Crippen LogP contribution in [-0.4, -0.2) is 38.7 Å². The third-order valence-corrected chi connectivity index (χ3v) is 2.32. The molecule has 0 aliphatic carbocycles. The van der Waals surface area contributed by atoms with Crippen LogP contribution in [0.1, 0.15) is 19.4 Å². The van der Waals surface area contributed by atoms with Crippen molar-refractivity contribution in [1.82, 2.24) is 15.1 Å². The minimum absolute atomic E-state index is 0.451. The Kier molecular flexibility index (Phi) is 4.41. The molecule has 2 atom stereocenters. The van der Waals surface area contributed by atoms with Gasteiger partial charge in [-0.2, -0.15) is 5.10 Å². The van der Waals surface area contributed by atoms with Gasteiger partial charge in [0.2, 0.25) is 11.8 Å². The number of nitrogens with two attached hydrogens (primary N) is 1. The number of primary amides is 1. The first-order valence-corrected chi connectivity index (χ1v) is 5.22. The summed E-state index contributed by atoms with van der Waals surface area (Å²) in [6.45, 7) is 1.56. The number of carboxylic acid groups (broad SMARTS) is 1. The molecule has 1 rings (SSSR count). The molecule has 0 saturated heterocycles. The standard InChI is InChI=1S/C10H14N4O4/c1-6(14-4-2-3-12-14)9(16)13-7(10(17)18)5-8(11)15/h2-4,6-7H,5H2,1H3,(H2,11,15)(H,13,16)(H,17,18). The molecular formula is C10H14N4O4. The molecule has 0 aromatic carbocycles. The molecule has 1 heterocycles. The second-order valence-electron chi connectivity index (χ2n) is 3.73.